The second kappa shape index (κ2) is 5.33. The molecule has 0 fully saturated rings. The SMILES string of the molecule is CC(C)(C)c1csc(Nc2cc(C(=O)O)c(N)cc2F)n1. The molecule has 2 rings (SSSR count). The van der Waals surface area contributed by atoms with Crippen LogP contribution in [0.15, 0.2) is 17.5 Å². The summed E-state index contributed by atoms with van der Waals surface area (Å²) in [5.41, 5.74) is 6.03. The highest BCUT2D eigenvalue weighted by Gasteiger charge is 2.19. The van der Waals surface area contributed by atoms with E-state index < -0.39 is 11.8 Å². The molecule has 0 aliphatic rings. The smallest absolute Gasteiger partial charge is 0.337 e. The molecule has 0 radical (unpaired) electrons. The summed E-state index contributed by atoms with van der Waals surface area (Å²) in [6.45, 7) is 6.08. The number of carboxylic acids is 1. The molecule has 21 heavy (non-hydrogen) atoms. The first-order valence-electron chi connectivity index (χ1n) is 6.24. The number of nitrogens with one attached hydrogen (secondary N) is 1. The van der Waals surface area contributed by atoms with Gasteiger partial charge in [0.2, 0.25) is 0 Å². The predicted molar refractivity (Wildman–Crippen MR) is 81.9 cm³/mol. The van der Waals surface area contributed by atoms with E-state index >= 15 is 0 Å². The molecule has 112 valence electrons. The topological polar surface area (TPSA) is 88.2 Å². The van der Waals surface area contributed by atoms with E-state index in [2.05, 4.69) is 10.3 Å². The molecule has 0 aliphatic carbocycles. The van der Waals surface area contributed by atoms with Crippen LogP contribution in [0.2, 0.25) is 0 Å². The maximum atomic E-state index is 13.9. The van der Waals surface area contributed by atoms with Gasteiger partial charge in [0.15, 0.2) is 5.13 Å². The van der Waals surface area contributed by atoms with E-state index in [9.17, 15) is 9.18 Å². The zero-order valence-corrected chi connectivity index (χ0v) is 12.7. The first-order valence-corrected chi connectivity index (χ1v) is 7.12. The van der Waals surface area contributed by atoms with Crippen LogP contribution in [0.1, 0.15) is 36.8 Å². The molecule has 0 atom stereocenters. The number of rotatable bonds is 3. The normalized spacial score (nSPS) is 11.4. The summed E-state index contributed by atoms with van der Waals surface area (Å²) in [4.78, 5) is 15.4. The number of aromatic carboxylic acids is 1. The third kappa shape index (κ3) is 3.30. The fraction of sp³-hybridized carbons (Fsp3) is 0.286. The lowest BCUT2D eigenvalue weighted by molar-refractivity contribution is 0.0698. The van der Waals surface area contributed by atoms with Crippen molar-refractivity contribution in [2.75, 3.05) is 11.1 Å². The van der Waals surface area contributed by atoms with Crippen LogP contribution < -0.4 is 11.1 Å². The molecule has 4 N–H and O–H groups in total. The van der Waals surface area contributed by atoms with Gasteiger partial charge in [-0.05, 0) is 12.1 Å². The van der Waals surface area contributed by atoms with Crippen LogP contribution in [0, 0.1) is 5.82 Å². The quantitative estimate of drug-likeness (QED) is 0.754. The van der Waals surface area contributed by atoms with E-state index in [0.29, 0.717) is 5.13 Å². The Morgan fingerprint density at radius 2 is 2.10 bits per heavy atom. The van der Waals surface area contributed by atoms with Crippen LogP contribution in [0.25, 0.3) is 0 Å². The van der Waals surface area contributed by atoms with E-state index in [1.54, 1.807) is 0 Å². The monoisotopic (exact) mass is 309 g/mol. The number of carbonyl (C=O) groups is 1. The average Bonchev–Trinajstić information content (AvgIpc) is 2.80. The Labute approximate surface area is 125 Å². The minimum Gasteiger partial charge on any atom is -0.478 e. The summed E-state index contributed by atoms with van der Waals surface area (Å²) >= 11 is 1.33. The van der Waals surface area contributed by atoms with Crippen molar-refractivity contribution in [2.24, 2.45) is 0 Å². The van der Waals surface area contributed by atoms with Crippen molar-refractivity contribution in [2.45, 2.75) is 26.2 Å². The number of nitrogen functional groups attached to an aromatic ring is 1. The summed E-state index contributed by atoms with van der Waals surface area (Å²) in [7, 11) is 0. The fourth-order valence-corrected chi connectivity index (χ4v) is 2.61. The Balaban J connectivity index is 2.33. The molecule has 0 aliphatic heterocycles. The number of halogens is 1. The number of hydrogen-bond donors (Lipinski definition) is 3. The van der Waals surface area contributed by atoms with Crippen LogP contribution >= 0.6 is 11.3 Å². The lowest BCUT2D eigenvalue weighted by atomic mass is 9.93. The third-order valence-electron chi connectivity index (χ3n) is 2.88. The van der Waals surface area contributed by atoms with Gasteiger partial charge in [0.25, 0.3) is 0 Å². The molecule has 1 aromatic carbocycles. The zero-order valence-electron chi connectivity index (χ0n) is 11.9. The van der Waals surface area contributed by atoms with Crippen LogP contribution in [0.3, 0.4) is 0 Å². The Bertz CT molecular complexity index is 692. The number of nitrogens with two attached hydrogens (primary N) is 1. The number of aromatic nitrogens is 1. The molecular formula is C14H16FN3O2S. The number of anilines is 3. The first kappa shape index (κ1) is 15.2. The van der Waals surface area contributed by atoms with Crippen molar-refractivity contribution >= 4 is 33.8 Å². The van der Waals surface area contributed by atoms with E-state index in [0.717, 1.165) is 11.8 Å². The lowest BCUT2D eigenvalue weighted by Crippen LogP contribution is -2.11. The van der Waals surface area contributed by atoms with E-state index in [1.165, 1.54) is 17.4 Å². The number of nitrogens with zero attached hydrogens (tertiary/aromatic N) is 1. The van der Waals surface area contributed by atoms with Gasteiger partial charge in [-0.2, -0.15) is 0 Å². The number of thiazole rings is 1. The highest BCUT2D eigenvalue weighted by atomic mass is 32.1. The standard InChI is InChI=1S/C14H16FN3O2S/c1-14(2,3)11-6-21-13(18-11)17-10-4-7(12(19)20)9(16)5-8(10)15/h4-6H,16H2,1-3H3,(H,17,18)(H,19,20). The van der Waals surface area contributed by atoms with Crippen molar-refractivity contribution in [3.63, 3.8) is 0 Å². The number of hydrogen-bond acceptors (Lipinski definition) is 5. The van der Waals surface area contributed by atoms with Crippen LogP contribution in [-0.2, 0) is 5.41 Å². The van der Waals surface area contributed by atoms with Gasteiger partial charge >= 0.3 is 5.97 Å². The summed E-state index contributed by atoms with van der Waals surface area (Å²) < 4.78 is 13.9. The Kier molecular flexibility index (Phi) is 3.87. The second-order valence-corrected chi connectivity index (χ2v) is 6.50. The molecule has 0 unspecified atom stereocenters. The highest BCUT2D eigenvalue weighted by Crippen LogP contribution is 2.30. The minimum atomic E-state index is -1.20. The molecule has 1 heterocycles. The van der Waals surface area contributed by atoms with Gasteiger partial charge in [-0.1, -0.05) is 20.8 Å². The lowest BCUT2D eigenvalue weighted by Gasteiger charge is -2.14. The summed E-state index contributed by atoms with van der Waals surface area (Å²) in [5, 5.41) is 14.2. The van der Waals surface area contributed by atoms with Crippen molar-refractivity contribution in [1.82, 2.24) is 4.98 Å². The van der Waals surface area contributed by atoms with E-state index in [-0.39, 0.29) is 22.4 Å². The summed E-state index contributed by atoms with van der Waals surface area (Å²) in [5.74, 6) is -1.82. The van der Waals surface area contributed by atoms with E-state index in [1.807, 2.05) is 26.2 Å². The second-order valence-electron chi connectivity index (χ2n) is 5.64. The Morgan fingerprint density at radius 3 is 2.62 bits per heavy atom. The zero-order chi connectivity index (χ0) is 15.8. The van der Waals surface area contributed by atoms with Crippen molar-refractivity contribution in [3.05, 3.63) is 34.6 Å². The molecule has 7 heteroatoms. The van der Waals surface area contributed by atoms with Gasteiger partial charge in [-0.15, -0.1) is 11.3 Å². The maximum absolute atomic E-state index is 13.9. The van der Waals surface area contributed by atoms with Crippen LogP contribution in [-0.4, -0.2) is 16.1 Å². The Hall–Kier alpha value is -2.15. The van der Waals surface area contributed by atoms with Gasteiger partial charge in [0, 0.05) is 16.5 Å². The largest absolute Gasteiger partial charge is 0.478 e. The molecule has 1 aromatic heterocycles. The maximum Gasteiger partial charge on any atom is 0.337 e. The van der Waals surface area contributed by atoms with Crippen molar-refractivity contribution in [1.29, 1.82) is 0 Å². The number of benzene rings is 1. The van der Waals surface area contributed by atoms with Crippen molar-refractivity contribution in [3.8, 4) is 0 Å². The van der Waals surface area contributed by atoms with Gasteiger partial charge in [0.1, 0.15) is 5.82 Å². The molecule has 5 nitrogen and oxygen atoms in total. The van der Waals surface area contributed by atoms with Gasteiger partial charge in [-0.25, -0.2) is 14.2 Å². The fourth-order valence-electron chi connectivity index (χ4n) is 1.66. The third-order valence-corrected chi connectivity index (χ3v) is 3.64. The molecular weight excluding hydrogens is 293 g/mol. The van der Waals surface area contributed by atoms with Crippen LogP contribution in [0.5, 0.6) is 0 Å². The molecule has 0 saturated heterocycles. The molecule has 0 saturated carbocycles. The number of carboxylic acid groups (broad SMARTS) is 1. The summed E-state index contributed by atoms with van der Waals surface area (Å²) in [6.07, 6.45) is 0. The minimum absolute atomic E-state index is 0.0383. The van der Waals surface area contributed by atoms with Gasteiger partial charge in [0.05, 0.1) is 16.9 Å². The molecule has 2 aromatic rings. The predicted octanol–water partition coefficient (Wildman–Crippen LogP) is 3.60. The molecule has 0 bridgehead atoms. The van der Waals surface area contributed by atoms with E-state index in [4.69, 9.17) is 10.8 Å². The molecule has 0 amide bonds. The highest BCUT2D eigenvalue weighted by molar-refractivity contribution is 7.13. The van der Waals surface area contributed by atoms with Crippen molar-refractivity contribution < 1.29 is 14.3 Å². The summed E-state index contributed by atoms with van der Waals surface area (Å²) in [6, 6.07) is 2.16. The average molecular weight is 309 g/mol. The van der Waals surface area contributed by atoms with Gasteiger partial charge in [-0.3, -0.25) is 0 Å². The Morgan fingerprint density at radius 1 is 1.43 bits per heavy atom. The first-order chi connectivity index (χ1) is 9.68. The van der Waals surface area contributed by atoms with Gasteiger partial charge < -0.3 is 16.2 Å². The van der Waals surface area contributed by atoms with Crippen LogP contribution in [0.4, 0.5) is 20.9 Å². The molecule has 0 spiro atoms.